The van der Waals surface area contributed by atoms with Gasteiger partial charge >= 0.3 is 0 Å². The molecule has 0 radical (unpaired) electrons. The normalized spacial score (nSPS) is 10.0. The maximum Gasteiger partial charge on any atom is 0.276 e. The summed E-state index contributed by atoms with van der Waals surface area (Å²) in [5, 5.41) is 0. The molecule has 0 saturated carbocycles. The molecule has 0 atom stereocenters. The van der Waals surface area contributed by atoms with Crippen molar-refractivity contribution in [1.82, 2.24) is 10.9 Å². The summed E-state index contributed by atoms with van der Waals surface area (Å²) in [6.45, 7) is 1.69. The lowest BCUT2D eigenvalue weighted by molar-refractivity contribution is -0.123. The highest BCUT2D eigenvalue weighted by atomic mass is 16.5. The second-order valence-electron chi connectivity index (χ2n) is 6.00. The Morgan fingerprint density at radius 3 is 2.14 bits per heavy atom. The molecule has 2 amide bonds. The fraction of sp³-hybridized carbons (Fsp3) is 0.0909. The third-order valence-corrected chi connectivity index (χ3v) is 3.86. The van der Waals surface area contributed by atoms with Gasteiger partial charge in [0.25, 0.3) is 11.8 Å². The average molecular weight is 376 g/mol. The van der Waals surface area contributed by atoms with Gasteiger partial charge in [-0.05, 0) is 55.0 Å². The molecule has 0 saturated heterocycles. The van der Waals surface area contributed by atoms with E-state index in [0.29, 0.717) is 22.8 Å². The zero-order valence-electron chi connectivity index (χ0n) is 15.3. The molecule has 0 aliphatic rings. The third-order valence-electron chi connectivity index (χ3n) is 3.86. The minimum Gasteiger partial charge on any atom is -0.483 e. The van der Waals surface area contributed by atoms with Crippen LogP contribution in [0.4, 0.5) is 0 Å². The molecule has 0 aromatic heterocycles. The van der Waals surface area contributed by atoms with E-state index in [0.717, 1.165) is 5.56 Å². The van der Waals surface area contributed by atoms with Crippen molar-refractivity contribution >= 4 is 11.8 Å². The first-order chi connectivity index (χ1) is 13.6. The molecule has 0 bridgehead atoms. The van der Waals surface area contributed by atoms with Crippen molar-refractivity contribution in [3.63, 3.8) is 0 Å². The van der Waals surface area contributed by atoms with Gasteiger partial charge in [-0.2, -0.15) is 0 Å². The zero-order chi connectivity index (χ0) is 19.8. The standard InChI is InChI=1S/C22H20N2O4/c1-16-7-5-6-10-20(16)27-15-21(25)23-24-22(26)17-11-13-19(14-12-17)28-18-8-3-2-4-9-18/h2-14H,15H2,1H3,(H,23,25)(H,24,26). The van der Waals surface area contributed by atoms with Gasteiger partial charge in [0.15, 0.2) is 6.61 Å². The van der Waals surface area contributed by atoms with Crippen LogP contribution in [0.1, 0.15) is 15.9 Å². The summed E-state index contributed by atoms with van der Waals surface area (Å²) in [4.78, 5) is 24.0. The third kappa shape index (κ3) is 5.35. The van der Waals surface area contributed by atoms with E-state index in [2.05, 4.69) is 10.9 Å². The minimum absolute atomic E-state index is 0.199. The summed E-state index contributed by atoms with van der Waals surface area (Å²) in [6.07, 6.45) is 0. The molecule has 2 N–H and O–H groups in total. The predicted octanol–water partition coefficient (Wildman–Crippen LogP) is 3.63. The lowest BCUT2D eigenvalue weighted by Crippen LogP contribution is -2.43. The van der Waals surface area contributed by atoms with Crippen LogP contribution in [0.3, 0.4) is 0 Å². The molecule has 0 heterocycles. The van der Waals surface area contributed by atoms with E-state index in [9.17, 15) is 9.59 Å². The maximum absolute atomic E-state index is 12.1. The first-order valence-electron chi connectivity index (χ1n) is 8.72. The first kappa shape index (κ1) is 19.0. The highest BCUT2D eigenvalue weighted by Gasteiger charge is 2.09. The van der Waals surface area contributed by atoms with Crippen molar-refractivity contribution in [2.45, 2.75) is 6.92 Å². The Kier molecular flexibility index (Phi) is 6.25. The number of amides is 2. The summed E-state index contributed by atoms with van der Waals surface area (Å²) in [6, 6.07) is 23.3. The van der Waals surface area contributed by atoms with Gasteiger partial charge < -0.3 is 9.47 Å². The molecule has 6 heteroatoms. The van der Waals surface area contributed by atoms with Gasteiger partial charge in [0.05, 0.1) is 0 Å². The molecular formula is C22H20N2O4. The van der Waals surface area contributed by atoms with Crippen LogP contribution in [0.5, 0.6) is 17.2 Å². The van der Waals surface area contributed by atoms with Crippen LogP contribution in [0.2, 0.25) is 0 Å². The summed E-state index contributed by atoms with van der Waals surface area (Å²) < 4.78 is 11.1. The second kappa shape index (κ2) is 9.23. The minimum atomic E-state index is -0.458. The Hall–Kier alpha value is -3.80. The average Bonchev–Trinajstić information content (AvgIpc) is 2.73. The number of carbonyl (C=O) groups excluding carboxylic acids is 2. The molecular weight excluding hydrogens is 356 g/mol. The summed E-state index contributed by atoms with van der Waals surface area (Å²) >= 11 is 0. The Balaban J connectivity index is 1.46. The van der Waals surface area contributed by atoms with Gasteiger partial charge in [-0.1, -0.05) is 36.4 Å². The molecule has 3 aromatic carbocycles. The second-order valence-corrected chi connectivity index (χ2v) is 6.00. The molecule has 3 rings (SSSR count). The van der Waals surface area contributed by atoms with Crippen LogP contribution >= 0.6 is 0 Å². The Labute approximate surface area is 163 Å². The number of benzene rings is 3. The predicted molar refractivity (Wildman–Crippen MR) is 105 cm³/mol. The van der Waals surface area contributed by atoms with Gasteiger partial charge in [0.2, 0.25) is 0 Å². The largest absolute Gasteiger partial charge is 0.483 e. The van der Waals surface area contributed by atoms with E-state index < -0.39 is 11.8 Å². The number of para-hydroxylation sites is 2. The van der Waals surface area contributed by atoms with Gasteiger partial charge in [-0.3, -0.25) is 20.4 Å². The van der Waals surface area contributed by atoms with E-state index in [1.807, 2.05) is 55.5 Å². The highest BCUT2D eigenvalue weighted by molar-refractivity contribution is 5.95. The molecule has 0 unspecified atom stereocenters. The van der Waals surface area contributed by atoms with Crippen molar-refractivity contribution in [1.29, 1.82) is 0 Å². The quantitative estimate of drug-likeness (QED) is 0.644. The van der Waals surface area contributed by atoms with Crippen LogP contribution in [-0.2, 0) is 4.79 Å². The number of hydrogen-bond donors (Lipinski definition) is 2. The van der Waals surface area contributed by atoms with E-state index in [-0.39, 0.29) is 6.61 Å². The summed E-state index contributed by atoms with van der Waals surface area (Å²) in [5.41, 5.74) is 6.01. The molecule has 3 aromatic rings. The van der Waals surface area contributed by atoms with Gasteiger partial charge in [0.1, 0.15) is 17.2 Å². The van der Waals surface area contributed by atoms with Crippen molar-refractivity contribution in [3.05, 3.63) is 90.0 Å². The smallest absolute Gasteiger partial charge is 0.276 e. The Bertz CT molecular complexity index is 940. The topological polar surface area (TPSA) is 76.7 Å². The van der Waals surface area contributed by atoms with Crippen LogP contribution in [0, 0.1) is 6.92 Å². The van der Waals surface area contributed by atoms with Crippen LogP contribution in [-0.4, -0.2) is 18.4 Å². The highest BCUT2D eigenvalue weighted by Crippen LogP contribution is 2.21. The lowest BCUT2D eigenvalue weighted by Gasteiger charge is -2.10. The Morgan fingerprint density at radius 2 is 1.43 bits per heavy atom. The van der Waals surface area contributed by atoms with E-state index >= 15 is 0 Å². The van der Waals surface area contributed by atoms with Crippen molar-refractivity contribution in [2.24, 2.45) is 0 Å². The number of aryl methyl sites for hydroxylation is 1. The van der Waals surface area contributed by atoms with Gasteiger partial charge in [-0.15, -0.1) is 0 Å². The monoisotopic (exact) mass is 376 g/mol. The van der Waals surface area contributed by atoms with Crippen LogP contribution < -0.4 is 20.3 Å². The van der Waals surface area contributed by atoms with Crippen molar-refractivity contribution < 1.29 is 19.1 Å². The van der Waals surface area contributed by atoms with Crippen molar-refractivity contribution in [3.8, 4) is 17.2 Å². The SMILES string of the molecule is Cc1ccccc1OCC(=O)NNC(=O)c1ccc(Oc2ccccc2)cc1. The van der Waals surface area contributed by atoms with Crippen LogP contribution in [0.25, 0.3) is 0 Å². The van der Waals surface area contributed by atoms with E-state index in [1.54, 1.807) is 30.3 Å². The summed E-state index contributed by atoms with van der Waals surface area (Å²) in [7, 11) is 0. The maximum atomic E-state index is 12.1. The van der Waals surface area contributed by atoms with E-state index in [1.165, 1.54) is 0 Å². The zero-order valence-corrected chi connectivity index (χ0v) is 15.3. The number of nitrogens with one attached hydrogen (secondary N) is 2. The van der Waals surface area contributed by atoms with E-state index in [4.69, 9.17) is 9.47 Å². The number of hydrazine groups is 1. The molecule has 0 aliphatic heterocycles. The fourth-order valence-corrected chi connectivity index (χ4v) is 2.40. The number of ether oxygens (including phenoxy) is 2. The van der Waals surface area contributed by atoms with Crippen molar-refractivity contribution in [2.75, 3.05) is 6.61 Å². The summed E-state index contributed by atoms with van der Waals surface area (Å²) in [5.74, 6) is 1.05. The molecule has 6 nitrogen and oxygen atoms in total. The molecule has 0 fully saturated rings. The van der Waals surface area contributed by atoms with Gasteiger partial charge in [-0.25, -0.2) is 0 Å². The molecule has 0 aliphatic carbocycles. The lowest BCUT2D eigenvalue weighted by atomic mass is 10.2. The van der Waals surface area contributed by atoms with Gasteiger partial charge in [0, 0.05) is 5.56 Å². The molecule has 28 heavy (non-hydrogen) atoms. The molecule has 142 valence electrons. The Morgan fingerprint density at radius 1 is 0.786 bits per heavy atom. The first-order valence-corrected chi connectivity index (χ1v) is 8.72. The molecule has 0 spiro atoms. The fourth-order valence-electron chi connectivity index (χ4n) is 2.40. The number of rotatable bonds is 6. The number of carbonyl (C=O) groups is 2. The van der Waals surface area contributed by atoms with Crippen LogP contribution in [0.15, 0.2) is 78.9 Å². The number of hydrogen-bond acceptors (Lipinski definition) is 4.